The Morgan fingerprint density at radius 2 is 1.91 bits per heavy atom. The lowest BCUT2D eigenvalue weighted by Crippen LogP contribution is -2.05. The van der Waals surface area contributed by atoms with E-state index in [1.807, 2.05) is 0 Å². The van der Waals surface area contributed by atoms with Crippen molar-refractivity contribution in [2.75, 3.05) is 12.0 Å². The van der Waals surface area contributed by atoms with Crippen LogP contribution in [0.1, 0.15) is 5.56 Å². The van der Waals surface area contributed by atoms with E-state index in [2.05, 4.69) is 36.0 Å². The smallest absolute Gasteiger partial charge is 0.368 e. The highest BCUT2D eigenvalue weighted by Gasteiger charge is 2.31. The molecule has 0 saturated heterocycles. The molecule has 0 atom stereocenters. The van der Waals surface area contributed by atoms with Gasteiger partial charge in [-0.3, -0.25) is 0 Å². The summed E-state index contributed by atoms with van der Waals surface area (Å²) in [6, 6.07) is 3.45. The molecule has 2 aromatic heterocycles. The first-order valence-corrected chi connectivity index (χ1v) is 8.12. The second-order valence-electron chi connectivity index (χ2n) is 4.44. The monoisotopic (exact) mass is 404 g/mol. The van der Waals surface area contributed by atoms with Crippen molar-refractivity contribution in [2.45, 2.75) is 11.3 Å². The molecule has 0 unspecified atom stereocenters. The number of nitrogen functional groups attached to an aromatic ring is 1. The Morgan fingerprint density at radius 1 is 1.17 bits per heavy atom. The molecule has 3 rings (SSSR count). The van der Waals surface area contributed by atoms with Gasteiger partial charge < -0.3 is 5.73 Å². The average molecular weight is 405 g/mol. The Labute approximate surface area is 140 Å². The minimum absolute atomic E-state index is 0.0594. The maximum atomic E-state index is 12.9. The molecule has 0 aliphatic rings. The summed E-state index contributed by atoms with van der Waals surface area (Å²) < 4.78 is 40.2. The second kappa shape index (κ2) is 5.64. The van der Waals surface area contributed by atoms with Gasteiger partial charge in [-0.05, 0) is 24.5 Å². The quantitative estimate of drug-likeness (QED) is 0.660. The molecular weight excluding hydrogens is 397 g/mol. The molecule has 120 valence electrons. The lowest BCUT2D eigenvalue weighted by Gasteiger charge is -2.08. The van der Waals surface area contributed by atoms with E-state index in [0.717, 1.165) is 12.1 Å². The van der Waals surface area contributed by atoms with Crippen molar-refractivity contribution < 1.29 is 13.2 Å². The number of nitrogens with zero attached hydrogens (tertiary/aromatic N) is 5. The fraction of sp³-hybridized carbons (Fsp3) is 0.167. The van der Waals surface area contributed by atoms with Gasteiger partial charge in [-0.25, -0.2) is 0 Å². The Balaban J connectivity index is 2.17. The molecule has 0 amide bonds. The average Bonchev–Trinajstić information content (AvgIpc) is 2.90. The molecule has 0 aliphatic heterocycles. The van der Waals surface area contributed by atoms with Gasteiger partial charge in [0.25, 0.3) is 5.78 Å². The normalized spacial score (nSPS) is 12.0. The standard InChI is InChI=1S/C12H8BrF3N6S/c1-23-11-19-9(17)22-10(20-11)18-8(21-22)5-2-6(12(14,15)16)4-7(13)3-5/h2-4H,1H3,(H2,17,18,19,20,21). The number of rotatable bonds is 2. The van der Waals surface area contributed by atoms with Crippen LogP contribution in [-0.2, 0) is 6.18 Å². The van der Waals surface area contributed by atoms with E-state index < -0.39 is 11.7 Å². The van der Waals surface area contributed by atoms with E-state index in [-0.39, 0.29) is 27.6 Å². The van der Waals surface area contributed by atoms with Gasteiger partial charge in [-0.15, -0.1) is 5.10 Å². The third-order valence-electron chi connectivity index (χ3n) is 2.88. The Bertz CT molecular complexity index is 894. The summed E-state index contributed by atoms with van der Waals surface area (Å²) in [5.74, 6) is 0.311. The minimum Gasteiger partial charge on any atom is -0.368 e. The number of anilines is 1. The molecule has 1 aromatic carbocycles. The number of halogens is 4. The van der Waals surface area contributed by atoms with Crippen molar-refractivity contribution in [1.82, 2.24) is 24.6 Å². The molecule has 0 aliphatic carbocycles. The molecule has 0 radical (unpaired) electrons. The highest BCUT2D eigenvalue weighted by molar-refractivity contribution is 9.10. The topological polar surface area (TPSA) is 82.0 Å². The molecule has 23 heavy (non-hydrogen) atoms. The number of aromatic nitrogens is 5. The van der Waals surface area contributed by atoms with Crippen molar-refractivity contribution >= 4 is 39.4 Å². The fourth-order valence-electron chi connectivity index (χ4n) is 1.88. The van der Waals surface area contributed by atoms with Crippen molar-refractivity contribution in [3.05, 3.63) is 28.2 Å². The van der Waals surface area contributed by atoms with Crippen LogP contribution >= 0.6 is 27.7 Å². The van der Waals surface area contributed by atoms with Gasteiger partial charge in [0, 0.05) is 10.0 Å². The van der Waals surface area contributed by atoms with Crippen LogP contribution in [-0.4, -0.2) is 30.8 Å². The fourth-order valence-corrected chi connectivity index (χ4v) is 2.73. The van der Waals surface area contributed by atoms with Crippen LogP contribution in [0.15, 0.2) is 27.8 Å². The number of benzene rings is 1. The van der Waals surface area contributed by atoms with Gasteiger partial charge in [-0.1, -0.05) is 27.7 Å². The first kappa shape index (κ1) is 16.0. The molecule has 0 fully saturated rings. The second-order valence-corrected chi connectivity index (χ2v) is 6.13. The number of alkyl halides is 3. The summed E-state index contributed by atoms with van der Waals surface area (Å²) >= 11 is 4.34. The highest BCUT2D eigenvalue weighted by atomic mass is 79.9. The maximum absolute atomic E-state index is 12.9. The van der Waals surface area contributed by atoms with E-state index in [9.17, 15) is 13.2 Å². The molecule has 0 bridgehead atoms. The predicted molar refractivity (Wildman–Crippen MR) is 82.9 cm³/mol. The number of hydrogen-bond donors (Lipinski definition) is 1. The van der Waals surface area contributed by atoms with Gasteiger partial charge in [0.05, 0.1) is 5.56 Å². The SMILES string of the molecule is CSc1nc(N)n2nc(-c3cc(Br)cc(C(F)(F)F)c3)nc2n1. The Hall–Kier alpha value is -1.88. The molecule has 0 spiro atoms. The lowest BCUT2D eigenvalue weighted by molar-refractivity contribution is -0.137. The first-order valence-electron chi connectivity index (χ1n) is 6.10. The summed E-state index contributed by atoms with van der Waals surface area (Å²) in [6.45, 7) is 0. The van der Waals surface area contributed by atoms with E-state index in [0.29, 0.717) is 5.16 Å². The van der Waals surface area contributed by atoms with E-state index in [1.165, 1.54) is 22.3 Å². The molecular formula is C12H8BrF3N6S. The van der Waals surface area contributed by atoms with Crippen LogP contribution in [0, 0.1) is 0 Å². The van der Waals surface area contributed by atoms with Crippen LogP contribution in [0.5, 0.6) is 0 Å². The molecule has 0 saturated carbocycles. The van der Waals surface area contributed by atoms with Crippen molar-refractivity contribution in [3.8, 4) is 11.4 Å². The summed E-state index contributed by atoms with van der Waals surface area (Å²) in [5.41, 5.74) is 5.16. The molecule has 11 heteroatoms. The molecule has 3 aromatic rings. The summed E-state index contributed by atoms with van der Waals surface area (Å²) in [7, 11) is 0. The van der Waals surface area contributed by atoms with Crippen molar-refractivity contribution in [1.29, 1.82) is 0 Å². The maximum Gasteiger partial charge on any atom is 0.416 e. The minimum atomic E-state index is -4.47. The number of thioether (sulfide) groups is 1. The summed E-state index contributed by atoms with van der Waals surface area (Å²) in [5, 5.41) is 4.48. The molecule has 2 heterocycles. The third-order valence-corrected chi connectivity index (χ3v) is 3.88. The number of hydrogen-bond acceptors (Lipinski definition) is 6. The zero-order chi connectivity index (χ0) is 16.8. The zero-order valence-corrected chi connectivity index (χ0v) is 13.9. The van der Waals surface area contributed by atoms with E-state index in [1.54, 1.807) is 6.26 Å². The van der Waals surface area contributed by atoms with Gasteiger partial charge in [0.1, 0.15) is 0 Å². The summed E-state index contributed by atoms with van der Waals surface area (Å²) in [6.07, 6.45) is -2.70. The van der Waals surface area contributed by atoms with E-state index in [4.69, 9.17) is 5.73 Å². The highest BCUT2D eigenvalue weighted by Crippen LogP contribution is 2.34. The Morgan fingerprint density at radius 3 is 2.57 bits per heavy atom. The van der Waals surface area contributed by atoms with Crippen LogP contribution in [0.4, 0.5) is 19.1 Å². The van der Waals surface area contributed by atoms with Crippen molar-refractivity contribution in [3.63, 3.8) is 0 Å². The van der Waals surface area contributed by atoms with Crippen molar-refractivity contribution in [2.24, 2.45) is 0 Å². The number of fused-ring (bicyclic) bond motifs is 1. The number of nitrogens with two attached hydrogens (primary N) is 1. The van der Waals surface area contributed by atoms with Gasteiger partial charge in [0.2, 0.25) is 5.95 Å². The lowest BCUT2D eigenvalue weighted by atomic mass is 10.1. The third kappa shape index (κ3) is 3.11. The molecule has 6 nitrogen and oxygen atoms in total. The largest absolute Gasteiger partial charge is 0.416 e. The van der Waals surface area contributed by atoms with Gasteiger partial charge in [-0.2, -0.15) is 32.6 Å². The van der Waals surface area contributed by atoms with Crippen LogP contribution in [0.3, 0.4) is 0 Å². The predicted octanol–water partition coefficient (Wildman–Crippen LogP) is 3.27. The zero-order valence-electron chi connectivity index (χ0n) is 11.5. The first-order chi connectivity index (χ1) is 10.8. The summed E-state index contributed by atoms with van der Waals surface area (Å²) in [4.78, 5) is 12.3. The molecule has 2 N–H and O–H groups in total. The van der Waals surface area contributed by atoms with Gasteiger partial charge in [0.15, 0.2) is 11.0 Å². The van der Waals surface area contributed by atoms with Crippen LogP contribution in [0.2, 0.25) is 0 Å². The Kier molecular flexibility index (Phi) is 3.92. The van der Waals surface area contributed by atoms with Gasteiger partial charge >= 0.3 is 6.18 Å². The van der Waals surface area contributed by atoms with Crippen LogP contribution < -0.4 is 5.73 Å². The van der Waals surface area contributed by atoms with E-state index >= 15 is 0 Å². The van der Waals surface area contributed by atoms with Crippen LogP contribution in [0.25, 0.3) is 17.2 Å².